The van der Waals surface area contributed by atoms with Crippen molar-refractivity contribution in [3.05, 3.63) is 29.3 Å². The highest BCUT2D eigenvalue weighted by Gasteiger charge is 2.26. The highest BCUT2D eigenvalue weighted by molar-refractivity contribution is 5.97. The fourth-order valence-corrected chi connectivity index (χ4v) is 1.32. The first-order valence-electron chi connectivity index (χ1n) is 5.62. The van der Waals surface area contributed by atoms with Crippen LogP contribution in [0.4, 0.5) is 0 Å². The Kier molecular flexibility index (Phi) is 3.78. The van der Waals surface area contributed by atoms with Crippen LogP contribution in [0.25, 0.3) is 0 Å². The normalized spacial score (nSPS) is 13.2. The molecule has 4 heteroatoms. The number of phenols is 1. The Morgan fingerprint density at radius 3 is 2.59 bits per heavy atom. The van der Waals surface area contributed by atoms with Crippen LogP contribution in [0.1, 0.15) is 36.7 Å². The number of para-hydroxylation sites is 1. The third kappa shape index (κ3) is 2.97. The van der Waals surface area contributed by atoms with Gasteiger partial charge in [0.1, 0.15) is 5.75 Å². The number of nitrogens with two attached hydrogens (primary N) is 1. The molecule has 0 aliphatic heterocycles. The van der Waals surface area contributed by atoms with Gasteiger partial charge in [-0.05, 0) is 39.3 Å². The molecule has 0 bridgehead atoms. The molecule has 0 aromatic heterocycles. The van der Waals surface area contributed by atoms with E-state index in [4.69, 9.17) is 5.73 Å². The first kappa shape index (κ1) is 13.5. The van der Waals surface area contributed by atoms with Crippen LogP contribution < -0.4 is 11.1 Å². The minimum Gasteiger partial charge on any atom is -0.507 e. The van der Waals surface area contributed by atoms with Gasteiger partial charge in [0.2, 0.25) is 0 Å². The number of hydrogen-bond donors (Lipinski definition) is 3. The molecular formula is C13H20N2O2. The molecule has 0 saturated heterocycles. The van der Waals surface area contributed by atoms with Crippen molar-refractivity contribution in [3.8, 4) is 5.75 Å². The Morgan fingerprint density at radius 2 is 2.06 bits per heavy atom. The number of phenolic OH excluding ortho intramolecular Hbond substituents is 1. The summed E-state index contributed by atoms with van der Waals surface area (Å²) in [6.45, 7) is 7.28. The first-order valence-corrected chi connectivity index (χ1v) is 5.62. The Balaban J connectivity index is 2.95. The summed E-state index contributed by atoms with van der Waals surface area (Å²) < 4.78 is 0. The third-order valence-electron chi connectivity index (χ3n) is 3.06. The Labute approximate surface area is 102 Å². The van der Waals surface area contributed by atoms with Gasteiger partial charge >= 0.3 is 0 Å². The fraction of sp³-hybridized carbons (Fsp3) is 0.462. The van der Waals surface area contributed by atoms with Crippen molar-refractivity contribution in [3.63, 3.8) is 0 Å². The second-order valence-electron chi connectivity index (χ2n) is 4.94. The van der Waals surface area contributed by atoms with E-state index in [9.17, 15) is 9.90 Å². The van der Waals surface area contributed by atoms with E-state index < -0.39 is 5.54 Å². The van der Waals surface area contributed by atoms with Crippen molar-refractivity contribution >= 4 is 5.91 Å². The number of aromatic hydroxyl groups is 1. The Bertz CT molecular complexity index is 425. The van der Waals surface area contributed by atoms with Crippen molar-refractivity contribution < 1.29 is 9.90 Å². The van der Waals surface area contributed by atoms with Crippen LogP contribution >= 0.6 is 0 Å². The molecule has 0 fully saturated rings. The lowest BCUT2D eigenvalue weighted by Gasteiger charge is -2.30. The minimum atomic E-state index is -0.521. The summed E-state index contributed by atoms with van der Waals surface area (Å²) in [5.74, 6) is -0.293. The molecule has 0 saturated carbocycles. The lowest BCUT2D eigenvalue weighted by molar-refractivity contribution is 0.0900. The predicted molar refractivity (Wildman–Crippen MR) is 68.0 cm³/mol. The molecule has 0 aliphatic carbocycles. The van der Waals surface area contributed by atoms with Gasteiger partial charge in [-0.15, -0.1) is 0 Å². The molecule has 4 N–H and O–H groups in total. The summed E-state index contributed by atoms with van der Waals surface area (Å²) in [6.07, 6.45) is 0. The van der Waals surface area contributed by atoms with E-state index in [1.54, 1.807) is 25.1 Å². The molecule has 1 amide bonds. The standard InChI is InChI=1S/C13H20N2O2/c1-8-6-5-7-10(11(8)16)12(17)15-13(3,4)9(2)14/h5-7,9,16H,14H2,1-4H3,(H,15,17). The monoisotopic (exact) mass is 236 g/mol. The highest BCUT2D eigenvalue weighted by atomic mass is 16.3. The van der Waals surface area contributed by atoms with Crippen LogP contribution in [-0.4, -0.2) is 22.6 Å². The number of hydrogen-bond acceptors (Lipinski definition) is 3. The second-order valence-corrected chi connectivity index (χ2v) is 4.94. The van der Waals surface area contributed by atoms with Crippen LogP contribution in [0.5, 0.6) is 5.75 Å². The minimum absolute atomic E-state index is 0.0190. The number of benzene rings is 1. The largest absolute Gasteiger partial charge is 0.507 e. The van der Waals surface area contributed by atoms with Crippen molar-refractivity contribution in [2.24, 2.45) is 5.73 Å². The molecule has 4 nitrogen and oxygen atoms in total. The van der Waals surface area contributed by atoms with E-state index in [0.717, 1.165) is 0 Å². The molecule has 0 aliphatic rings. The highest BCUT2D eigenvalue weighted by Crippen LogP contribution is 2.22. The summed E-state index contributed by atoms with van der Waals surface area (Å²) in [6, 6.07) is 4.90. The number of carbonyl (C=O) groups is 1. The van der Waals surface area contributed by atoms with E-state index in [0.29, 0.717) is 5.56 Å². The van der Waals surface area contributed by atoms with Gasteiger partial charge in [-0.25, -0.2) is 0 Å². The number of amides is 1. The van der Waals surface area contributed by atoms with Gasteiger partial charge in [-0.2, -0.15) is 0 Å². The third-order valence-corrected chi connectivity index (χ3v) is 3.06. The number of aryl methyl sites for hydroxylation is 1. The van der Waals surface area contributed by atoms with Crippen molar-refractivity contribution in [1.29, 1.82) is 0 Å². The van der Waals surface area contributed by atoms with Crippen LogP contribution in [0, 0.1) is 6.92 Å². The summed E-state index contributed by atoms with van der Waals surface area (Å²) >= 11 is 0. The van der Waals surface area contributed by atoms with Crippen LogP contribution in [0.3, 0.4) is 0 Å². The molecule has 17 heavy (non-hydrogen) atoms. The number of nitrogens with one attached hydrogen (secondary N) is 1. The fourth-order valence-electron chi connectivity index (χ4n) is 1.32. The zero-order valence-corrected chi connectivity index (χ0v) is 10.7. The summed E-state index contributed by atoms with van der Waals surface area (Å²) in [5, 5.41) is 12.6. The SMILES string of the molecule is Cc1cccc(C(=O)NC(C)(C)C(C)N)c1O. The van der Waals surface area contributed by atoms with E-state index >= 15 is 0 Å². The molecule has 0 spiro atoms. The maximum Gasteiger partial charge on any atom is 0.255 e. The summed E-state index contributed by atoms with van der Waals surface area (Å²) in [4.78, 5) is 12.0. The van der Waals surface area contributed by atoms with Gasteiger partial charge in [-0.3, -0.25) is 4.79 Å². The molecule has 1 unspecified atom stereocenters. The molecule has 0 radical (unpaired) electrons. The van der Waals surface area contributed by atoms with Crippen molar-refractivity contribution in [2.45, 2.75) is 39.3 Å². The van der Waals surface area contributed by atoms with Gasteiger partial charge in [0, 0.05) is 11.6 Å². The van der Waals surface area contributed by atoms with E-state index in [-0.39, 0.29) is 23.3 Å². The molecule has 1 aromatic rings. The Morgan fingerprint density at radius 1 is 1.47 bits per heavy atom. The molecule has 94 valence electrons. The first-order chi connectivity index (χ1) is 7.75. The smallest absolute Gasteiger partial charge is 0.255 e. The van der Waals surface area contributed by atoms with Gasteiger partial charge in [0.05, 0.1) is 5.56 Å². The maximum atomic E-state index is 12.0. The predicted octanol–water partition coefficient (Wildman–Crippen LogP) is 1.56. The lowest BCUT2D eigenvalue weighted by Crippen LogP contribution is -2.54. The maximum absolute atomic E-state index is 12.0. The molecular weight excluding hydrogens is 216 g/mol. The molecule has 1 atom stereocenters. The molecule has 0 heterocycles. The second kappa shape index (κ2) is 4.75. The average molecular weight is 236 g/mol. The van der Waals surface area contributed by atoms with Gasteiger partial charge < -0.3 is 16.2 Å². The quantitative estimate of drug-likeness (QED) is 0.745. The van der Waals surface area contributed by atoms with Crippen LogP contribution in [0.2, 0.25) is 0 Å². The van der Waals surface area contributed by atoms with Crippen LogP contribution in [0.15, 0.2) is 18.2 Å². The Hall–Kier alpha value is -1.55. The summed E-state index contributed by atoms with van der Waals surface area (Å²) in [7, 11) is 0. The zero-order chi connectivity index (χ0) is 13.2. The van der Waals surface area contributed by atoms with Gasteiger partial charge in [-0.1, -0.05) is 12.1 Å². The lowest BCUT2D eigenvalue weighted by atomic mass is 9.96. The van der Waals surface area contributed by atoms with Crippen LogP contribution in [-0.2, 0) is 0 Å². The molecule has 1 aromatic carbocycles. The van der Waals surface area contributed by atoms with Gasteiger partial charge in [0.15, 0.2) is 0 Å². The van der Waals surface area contributed by atoms with E-state index in [1.807, 2.05) is 20.8 Å². The average Bonchev–Trinajstić information content (AvgIpc) is 2.21. The van der Waals surface area contributed by atoms with Gasteiger partial charge in [0.25, 0.3) is 5.91 Å². The topological polar surface area (TPSA) is 75.4 Å². The number of carbonyl (C=O) groups excluding carboxylic acids is 1. The van der Waals surface area contributed by atoms with E-state index in [1.165, 1.54) is 0 Å². The van der Waals surface area contributed by atoms with Crippen molar-refractivity contribution in [2.75, 3.05) is 0 Å². The summed E-state index contributed by atoms with van der Waals surface area (Å²) in [5.41, 5.74) is 6.22. The molecule has 1 rings (SSSR count). The van der Waals surface area contributed by atoms with E-state index in [2.05, 4.69) is 5.32 Å². The number of rotatable bonds is 3. The van der Waals surface area contributed by atoms with Crippen molar-refractivity contribution in [1.82, 2.24) is 5.32 Å². The zero-order valence-electron chi connectivity index (χ0n) is 10.7.